The van der Waals surface area contributed by atoms with Gasteiger partial charge in [0.2, 0.25) is 0 Å². The van der Waals surface area contributed by atoms with Crippen molar-refractivity contribution in [2.75, 3.05) is 19.6 Å². The van der Waals surface area contributed by atoms with Gasteiger partial charge in [-0.25, -0.2) is 0 Å². The number of nitrogens with one attached hydrogen (secondary N) is 2. The Bertz CT molecular complexity index is 602. The summed E-state index contributed by atoms with van der Waals surface area (Å²) in [6, 6.07) is 11.0. The van der Waals surface area contributed by atoms with Crippen molar-refractivity contribution in [2.24, 2.45) is 0 Å². The van der Waals surface area contributed by atoms with E-state index in [2.05, 4.69) is 22.5 Å². The number of ether oxygens (including phenoxy) is 1. The Kier molecular flexibility index (Phi) is 7.07. The standard InChI is InChI=1S/C18H23N3O2/c1-2-8-19-10-11-21-18(22)16-6-3-7-17(12-16)23-14-15-5-4-9-20-13-15/h3-7,9,12-13,19H,2,8,10-11,14H2,1H3,(H,21,22). The molecule has 1 aromatic carbocycles. The van der Waals surface area contributed by atoms with Crippen LogP contribution >= 0.6 is 0 Å². The highest BCUT2D eigenvalue weighted by molar-refractivity contribution is 5.94. The van der Waals surface area contributed by atoms with E-state index in [1.165, 1.54) is 0 Å². The van der Waals surface area contributed by atoms with E-state index in [1.807, 2.05) is 24.3 Å². The summed E-state index contributed by atoms with van der Waals surface area (Å²) in [6.07, 6.45) is 4.58. The second kappa shape index (κ2) is 9.58. The lowest BCUT2D eigenvalue weighted by Gasteiger charge is -2.09. The zero-order valence-corrected chi connectivity index (χ0v) is 13.4. The fraction of sp³-hybridized carbons (Fsp3) is 0.333. The Morgan fingerprint density at radius 3 is 2.87 bits per heavy atom. The molecule has 1 heterocycles. The molecule has 0 spiro atoms. The maximum absolute atomic E-state index is 12.1. The van der Waals surface area contributed by atoms with Gasteiger partial charge in [-0.1, -0.05) is 19.1 Å². The minimum Gasteiger partial charge on any atom is -0.489 e. The lowest BCUT2D eigenvalue weighted by molar-refractivity contribution is 0.0953. The second-order valence-corrected chi connectivity index (χ2v) is 5.18. The smallest absolute Gasteiger partial charge is 0.251 e. The number of hydrogen-bond acceptors (Lipinski definition) is 4. The summed E-state index contributed by atoms with van der Waals surface area (Å²) in [5, 5.41) is 6.14. The molecule has 1 aromatic heterocycles. The number of amides is 1. The molecule has 5 nitrogen and oxygen atoms in total. The zero-order chi connectivity index (χ0) is 16.3. The molecular weight excluding hydrogens is 290 g/mol. The van der Waals surface area contributed by atoms with Crippen LogP contribution in [0.15, 0.2) is 48.8 Å². The lowest BCUT2D eigenvalue weighted by atomic mass is 10.2. The molecule has 0 fully saturated rings. The molecule has 122 valence electrons. The van der Waals surface area contributed by atoms with Crippen LogP contribution < -0.4 is 15.4 Å². The number of rotatable bonds is 9. The highest BCUT2D eigenvalue weighted by Crippen LogP contribution is 2.15. The van der Waals surface area contributed by atoms with Crippen LogP contribution in [0.4, 0.5) is 0 Å². The minimum atomic E-state index is -0.0878. The molecule has 0 aliphatic heterocycles. The van der Waals surface area contributed by atoms with Crippen LogP contribution in [0.3, 0.4) is 0 Å². The first kappa shape index (κ1) is 17.0. The van der Waals surface area contributed by atoms with E-state index in [0.717, 1.165) is 25.1 Å². The molecule has 0 radical (unpaired) electrons. The maximum atomic E-state index is 12.1. The molecule has 0 atom stereocenters. The number of carbonyl (C=O) groups is 1. The Morgan fingerprint density at radius 1 is 1.17 bits per heavy atom. The van der Waals surface area contributed by atoms with Gasteiger partial charge in [0.05, 0.1) is 0 Å². The third-order valence-corrected chi connectivity index (χ3v) is 3.24. The van der Waals surface area contributed by atoms with Gasteiger partial charge in [-0.15, -0.1) is 0 Å². The van der Waals surface area contributed by atoms with Gasteiger partial charge in [0.25, 0.3) is 5.91 Å². The van der Waals surface area contributed by atoms with Crippen LogP contribution in [0.1, 0.15) is 29.3 Å². The van der Waals surface area contributed by atoms with Crippen LogP contribution in [0.25, 0.3) is 0 Å². The summed E-state index contributed by atoms with van der Waals surface area (Å²) >= 11 is 0. The van der Waals surface area contributed by atoms with Crippen LogP contribution in [-0.2, 0) is 6.61 Å². The average Bonchev–Trinajstić information content (AvgIpc) is 2.61. The third kappa shape index (κ3) is 6.08. The van der Waals surface area contributed by atoms with E-state index in [4.69, 9.17) is 4.74 Å². The van der Waals surface area contributed by atoms with Gasteiger partial charge in [0.15, 0.2) is 0 Å². The average molecular weight is 313 g/mol. The Morgan fingerprint density at radius 2 is 2.09 bits per heavy atom. The van der Waals surface area contributed by atoms with Gasteiger partial charge in [-0.05, 0) is 37.2 Å². The normalized spacial score (nSPS) is 10.3. The molecular formula is C18H23N3O2. The Balaban J connectivity index is 1.82. The lowest BCUT2D eigenvalue weighted by Crippen LogP contribution is -2.32. The van der Waals surface area contributed by atoms with Gasteiger partial charge in [0.1, 0.15) is 12.4 Å². The minimum absolute atomic E-state index is 0.0878. The van der Waals surface area contributed by atoms with Gasteiger partial charge >= 0.3 is 0 Å². The molecule has 2 aromatic rings. The zero-order valence-electron chi connectivity index (χ0n) is 13.4. The molecule has 2 N–H and O–H groups in total. The molecule has 0 aliphatic carbocycles. The molecule has 5 heteroatoms. The molecule has 0 aliphatic rings. The van der Waals surface area contributed by atoms with Crippen LogP contribution in [0, 0.1) is 0 Å². The summed E-state index contributed by atoms with van der Waals surface area (Å²) in [7, 11) is 0. The van der Waals surface area contributed by atoms with E-state index in [9.17, 15) is 4.79 Å². The third-order valence-electron chi connectivity index (χ3n) is 3.24. The SMILES string of the molecule is CCCNCCNC(=O)c1cccc(OCc2cccnc2)c1. The van der Waals surface area contributed by atoms with Crippen molar-refractivity contribution >= 4 is 5.91 Å². The van der Waals surface area contributed by atoms with Crippen molar-refractivity contribution in [3.8, 4) is 5.75 Å². The van der Waals surface area contributed by atoms with Gasteiger partial charge in [-0.2, -0.15) is 0 Å². The molecule has 1 amide bonds. The second-order valence-electron chi connectivity index (χ2n) is 5.18. The maximum Gasteiger partial charge on any atom is 0.251 e. The van der Waals surface area contributed by atoms with Crippen molar-refractivity contribution in [1.29, 1.82) is 0 Å². The molecule has 0 bridgehead atoms. The summed E-state index contributed by atoms with van der Waals surface area (Å²) in [4.78, 5) is 16.1. The van der Waals surface area contributed by atoms with Crippen LogP contribution in [0.2, 0.25) is 0 Å². The Labute approximate surface area is 137 Å². The van der Waals surface area contributed by atoms with E-state index in [1.54, 1.807) is 24.5 Å². The molecule has 0 saturated carbocycles. The predicted octanol–water partition coefficient (Wildman–Crippen LogP) is 2.39. The van der Waals surface area contributed by atoms with Crippen molar-refractivity contribution < 1.29 is 9.53 Å². The first-order chi connectivity index (χ1) is 11.3. The summed E-state index contributed by atoms with van der Waals surface area (Å²) in [5.74, 6) is 0.584. The van der Waals surface area contributed by atoms with Crippen molar-refractivity contribution in [1.82, 2.24) is 15.6 Å². The quantitative estimate of drug-likeness (QED) is 0.698. The number of carbonyl (C=O) groups excluding carboxylic acids is 1. The van der Waals surface area contributed by atoms with Crippen molar-refractivity contribution in [2.45, 2.75) is 20.0 Å². The predicted molar refractivity (Wildman–Crippen MR) is 90.5 cm³/mol. The Hall–Kier alpha value is -2.40. The number of benzene rings is 1. The fourth-order valence-electron chi connectivity index (χ4n) is 2.05. The monoisotopic (exact) mass is 313 g/mol. The highest BCUT2D eigenvalue weighted by atomic mass is 16.5. The van der Waals surface area contributed by atoms with Crippen LogP contribution in [0.5, 0.6) is 5.75 Å². The molecule has 0 unspecified atom stereocenters. The molecule has 23 heavy (non-hydrogen) atoms. The van der Waals surface area contributed by atoms with Crippen LogP contribution in [-0.4, -0.2) is 30.5 Å². The highest BCUT2D eigenvalue weighted by Gasteiger charge is 2.06. The summed E-state index contributed by atoms with van der Waals surface area (Å²) in [5.41, 5.74) is 1.59. The summed E-state index contributed by atoms with van der Waals surface area (Å²) < 4.78 is 5.71. The largest absolute Gasteiger partial charge is 0.489 e. The molecule has 0 saturated heterocycles. The van der Waals surface area contributed by atoms with Gasteiger partial charge in [-0.3, -0.25) is 9.78 Å². The number of nitrogens with zero attached hydrogens (tertiary/aromatic N) is 1. The van der Waals surface area contributed by atoms with Crippen molar-refractivity contribution in [3.05, 3.63) is 59.9 Å². The van der Waals surface area contributed by atoms with Gasteiger partial charge in [0, 0.05) is 36.6 Å². The van der Waals surface area contributed by atoms with E-state index in [0.29, 0.717) is 24.5 Å². The van der Waals surface area contributed by atoms with Gasteiger partial charge < -0.3 is 15.4 Å². The van der Waals surface area contributed by atoms with E-state index < -0.39 is 0 Å². The number of pyridine rings is 1. The summed E-state index contributed by atoms with van der Waals surface area (Å²) in [6.45, 7) is 4.90. The number of hydrogen-bond donors (Lipinski definition) is 2. The first-order valence-corrected chi connectivity index (χ1v) is 7.90. The first-order valence-electron chi connectivity index (χ1n) is 7.90. The topological polar surface area (TPSA) is 63.2 Å². The van der Waals surface area contributed by atoms with E-state index >= 15 is 0 Å². The van der Waals surface area contributed by atoms with E-state index in [-0.39, 0.29) is 5.91 Å². The molecule has 2 rings (SSSR count). The number of aromatic nitrogens is 1. The fourth-order valence-corrected chi connectivity index (χ4v) is 2.05. The van der Waals surface area contributed by atoms with Crippen molar-refractivity contribution in [3.63, 3.8) is 0 Å².